The molecule has 5 rings (SSSR count). The minimum absolute atomic E-state index is 0.0341. The first-order valence-corrected chi connectivity index (χ1v) is 12.3. The molecule has 0 bridgehead atoms. The molecule has 4 heterocycles. The number of amides is 2. The fourth-order valence-electron chi connectivity index (χ4n) is 4.75. The van der Waals surface area contributed by atoms with Crippen molar-refractivity contribution in [2.75, 3.05) is 6.54 Å². The molecular weight excluding hydrogens is 492 g/mol. The highest BCUT2D eigenvalue weighted by molar-refractivity contribution is 7.09. The first-order valence-electron chi connectivity index (χ1n) is 11.4. The molecule has 1 fully saturated rings. The van der Waals surface area contributed by atoms with Crippen molar-refractivity contribution >= 4 is 23.2 Å². The van der Waals surface area contributed by atoms with Gasteiger partial charge in [0.1, 0.15) is 28.4 Å². The number of nitrogens with zero attached hydrogens (tertiary/aromatic N) is 4. The molecule has 12 heteroatoms. The van der Waals surface area contributed by atoms with E-state index in [0.717, 1.165) is 24.0 Å². The number of benzene rings is 1. The van der Waals surface area contributed by atoms with E-state index in [1.807, 2.05) is 12.3 Å². The molecule has 2 atom stereocenters. The molecule has 2 aromatic heterocycles. The van der Waals surface area contributed by atoms with Crippen LogP contribution in [-0.4, -0.2) is 55.0 Å². The zero-order valence-corrected chi connectivity index (χ0v) is 20.1. The second kappa shape index (κ2) is 9.43. The van der Waals surface area contributed by atoms with E-state index in [0.29, 0.717) is 12.6 Å². The van der Waals surface area contributed by atoms with E-state index < -0.39 is 34.6 Å². The van der Waals surface area contributed by atoms with Crippen LogP contribution in [0, 0.1) is 11.6 Å². The van der Waals surface area contributed by atoms with Crippen molar-refractivity contribution in [1.82, 2.24) is 24.7 Å². The molecule has 1 unspecified atom stereocenters. The molecule has 0 spiro atoms. The summed E-state index contributed by atoms with van der Waals surface area (Å²) in [4.78, 5) is 47.2. The zero-order valence-electron chi connectivity index (χ0n) is 19.3. The predicted octanol–water partition coefficient (Wildman–Crippen LogP) is 2.29. The first kappa shape index (κ1) is 24.1. The Hall–Kier alpha value is -3.64. The van der Waals surface area contributed by atoms with E-state index in [2.05, 4.69) is 15.2 Å². The average Bonchev–Trinajstić information content (AvgIpc) is 3.35. The lowest BCUT2D eigenvalue weighted by molar-refractivity contribution is -0.0363. The Balaban J connectivity index is 1.44. The fraction of sp³-hybridized carbons (Fsp3) is 0.333. The summed E-state index contributed by atoms with van der Waals surface area (Å²) in [5.74, 6) is -3.72. The van der Waals surface area contributed by atoms with E-state index in [9.17, 15) is 28.3 Å². The summed E-state index contributed by atoms with van der Waals surface area (Å²) >= 11 is 1.51. The molecule has 2 N–H and O–H groups in total. The molecule has 188 valence electrons. The highest BCUT2D eigenvalue weighted by Gasteiger charge is 2.43. The molecule has 2 aliphatic rings. The topological polar surface area (TPSA) is 108 Å². The Morgan fingerprint density at radius 2 is 2.11 bits per heavy atom. The number of aromatic nitrogens is 2. The van der Waals surface area contributed by atoms with Crippen LogP contribution in [0.3, 0.4) is 0 Å². The van der Waals surface area contributed by atoms with Crippen LogP contribution >= 0.6 is 11.3 Å². The van der Waals surface area contributed by atoms with Crippen LogP contribution < -0.4 is 10.7 Å². The first-order chi connectivity index (χ1) is 17.2. The molecule has 36 heavy (non-hydrogen) atoms. The third-order valence-electron chi connectivity index (χ3n) is 6.63. The number of hydrogen-bond acceptors (Lipinski definition) is 7. The standard InChI is InChI=1S/C24H23F2N5O4S/c1-13-4-6-29(11-18-27-5-7-36-18)19-12-30-10-16(21(32)22(33)20(30)24(35)31(13)19)23(34)28-9-14-2-3-15(25)8-17(14)26/h2-3,5,7-8,10,13,19,33H,4,6,9,11-12H2,1H3,(H,28,34)/t13?,19-/m0/s1. The van der Waals surface area contributed by atoms with Gasteiger partial charge in [-0.1, -0.05) is 6.07 Å². The van der Waals surface area contributed by atoms with Crippen molar-refractivity contribution in [2.45, 2.75) is 45.2 Å². The maximum atomic E-state index is 13.9. The summed E-state index contributed by atoms with van der Waals surface area (Å²) in [7, 11) is 0. The number of halogens is 2. The minimum Gasteiger partial charge on any atom is -0.503 e. The summed E-state index contributed by atoms with van der Waals surface area (Å²) in [5.41, 5.74) is -1.50. The maximum absolute atomic E-state index is 13.9. The molecule has 3 aromatic rings. The van der Waals surface area contributed by atoms with Crippen LogP contribution in [0.5, 0.6) is 5.75 Å². The van der Waals surface area contributed by atoms with Gasteiger partial charge >= 0.3 is 0 Å². The number of nitrogens with one attached hydrogen (secondary N) is 1. The third kappa shape index (κ3) is 4.26. The number of rotatable bonds is 5. The summed E-state index contributed by atoms with van der Waals surface area (Å²) < 4.78 is 28.5. The van der Waals surface area contributed by atoms with E-state index >= 15 is 0 Å². The molecule has 2 amide bonds. The smallest absolute Gasteiger partial charge is 0.276 e. The summed E-state index contributed by atoms with van der Waals surface area (Å²) in [6.45, 7) is 3.13. The lowest BCUT2D eigenvalue weighted by Crippen LogP contribution is -2.63. The van der Waals surface area contributed by atoms with Crippen molar-refractivity contribution in [3.63, 3.8) is 0 Å². The van der Waals surface area contributed by atoms with Crippen molar-refractivity contribution in [1.29, 1.82) is 0 Å². The normalized spacial score (nSPS) is 19.6. The van der Waals surface area contributed by atoms with Gasteiger partial charge in [0.2, 0.25) is 5.43 Å². The van der Waals surface area contributed by atoms with Gasteiger partial charge in [-0.15, -0.1) is 11.3 Å². The predicted molar refractivity (Wildman–Crippen MR) is 126 cm³/mol. The molecule has 1 saturated heterocycles. The van der Waals surface area contributed by atoms with Crippen LogP contribution in [0.25, 0.3) is 0 Å². The fourth-order valence-corrected chi connectivity index (χ4v) is 5.39. The number of thiazole rings is 1. The van der Waals surface area contributed by atoms with Gasteiger partial charge in [-0.3, -0.25) is 19.3 Å². The zero-order chi connectivity index (χ0) is 25.6. The van der Waals surface area contributed by atoms with Gasteiger partial charge in [-0.2, -0.15) is 0 Å². The van der Waals surface area contributed by atoms with E-state index in [1.165, 1.54) is 28.2 Å². The second-order valence-electron chi connectivity index (χ2n) is 8.87. The SMILES string of the molecule is CC1CCN(Cc2nccs2)[C@@H]2Cn3cc(C(=O)NCc4ccc(F)cc4F)c(=O)c(O)c3C(=O)N12. The Morgan fingerprint density at radius 3 is 2.83 bits per heavy atom. The number of pyridine rings is 1. The molecule has 2 aliphatic heterocycles. The highest BCUT2D eigenvalue weighted by atomic mass is 32.1. The number of aromatic hydroxyl groups is 1. The molecular formula is C24H23F2N5O4S. The van der Waals surface area contributed by atoms with Gasteiger partial charge in [-0.05, 0) is 19.4 Å². The van der Waals surface area contributed by atoms with Crippen LogP contribution in [-0.2, 0) is 19.6 Å². The van der Waals surface area contributed by atoms with Crippen LogP contribution in [0.15, 0.2) is 40.8 Å². The highest BCUT2D eigenvalue weighted by Crippen LogP contribution is 2.31. The lowest BCUT2D eigenvalue weighted by Gasteiger charge is -2.50. The number of hydrogen-bond donors (Lipinski definition) is 2. The molecule has 9 nitrogen and oxygen atoms in total. The monoisotopic (exact) mass is 515 g/mol. The van der Waals surface area contributed by atoms with Gasteiger partial charge in [0.05, 0.1) is 13.1 Å². The van der Waals surface area contributed by atoms with Crippen molar-refractivity contribution in [2.24, 2.45) is 0 Å². The third-order valence-corrected chi connectivity index (χ3v) is 7.39. The average molecular weight is 516 g/mol. The molecule has 0 radical (unpaired) electrons. The van der Waals surface area contributed by atoms with Gasteiger partial charge in [0.25, 0.3) is 11.8 Å². The van der Waals surface area contributed by atoms with Crippen LogP contribution in [0.4, 0.5) is 8.78 Å². The summed E-state index contributed by atoms with van der Waals surface area (Å²) in [6.07, 6.45) is 3.34. The Morgan fingerprint density at radius 1 is 1.31 bits per heavy atom. The Kier molecular flexibility index (Phi) is 6.31. The number of carbonyl (C=O) groups is 2. The maximum Gasteiger partial charge on any atom is 0.276 e. The van der Waals surface area contributed by atoms with Gasteiger partial charge < -0.3 is 19.9 Å². The lowest BCUT2D eigenvalue weighted by atomic mass is 10.0. The molecule has 0 saturated carbocycles. The van der Waals surface area contributed by atoms with Crippen molar-refractivity contribution in [3.8, 4) is 5.75 Å². The van der Waals surface area contributed by atoms with E-state index in [-0.39, 0.29) is 42.1 Å². The Labute approximate surface area is 208 Å². The number of fused-ring (bicyclic) bond motifs is 2. The van der Waals surface area contributed by atoms with Crippen LogP contribution in [0.1, 0.15) is 44.8 Å². The van der Waals surface area contributed by atoms with Gasteiger partial charge in [-0.25, -0.2) is 13.8 Å². The van der Waals surface area contributed by atoms with Gasteiger partial charge in [0.15, 0.2) is 11.4 Å². The van der Waals surface area contributed by atoms with Crippen LogP contribution in [0.2, 0.25) is 0 Å². The minimum atomic E-state index is -0.991. The molecule has 1 aromatic carbocycles. The molecule has 0 aliphatic carbocycles. The van der Waals surface area contributed by atoms with E-state index in [1.54, 1.807) is 11.1 Å². The quantitative estimate of drug-likeness (QED) is 0.540. The van der Waals surface area contributed by atoms with Crippen molar-refractivity contribution in [3.05, 3.63) is 79.7 Å². The van der Waals surface area contributed by atoms with E-state index in [4.69, 9.17) is 0 Å². The summed E-state index contributed by atoms with van der Waals surface area (Å²) in [6, 6.07) is 2.84. The Bertz CT molecular complexity index is 1390. The number of carbonyl (C=O) groups excluding carboxylic acids is 2. The second-order valence-corrected chi connectivity index (χ2v) is 9.85. The van der Waals surface area contributed by atoms with Crippen molar-refractivity contribution < 1.29 is 23.5 Å². The summed E-state index contributed by atoms with van der Waals surface area (Å²) in [5, 5.41) is 15.9. The largest absolute Gasteiger partial charge is 0.503 e. The van der Waals surface area contributed by atoms with Gasteiger partial charge in [0, 0.05) is 48.5 Å².